The number of nitrogens with zero attached hydrogens (tertiary/aromatic N) is 1. The highest BCUT2D eigenvalue weighted by atomic mass is 16.5. The van der Waals surface area contributed by atoms with Crippen LogP contribution in [0.2, 0.25) is 0 Å². The molecule has 1 aromatic heterocycles. The Kier molecular flexibility index (Phi) is 6.04. The summed E-state index contributed by atoms with van der Waals surface area (Å²) in [6.07, 6.45) is 5.69. The molecule has 4 heteroatoms. The van der Waals surface area contributed by atoms with Gasteiger partial charge in [-0.3, -0.25) is 5.10 Å². The number of H-pyrrole nitrogens is 1. The Morgan fingerprint density at radius 1 is 0.969 bits per heavy atom. The molecule has 0 amide bonds. The molecule has 0 aliphatic heterocycles. The van der Waals surface area contributed by atoms with E-state index < -0.39 is 0 Å². The summed E-state index contributed by atoms with van der Waals surface area (Å²) < 4.78 is 5.87. The molecule has 4 nitrogen and oxygen atoms in total. The van der Waals surface area contributed by atoms with Gasteiger partial charge in [0.1, 0.15) is 12.4 Å². The van der Waals surface area contributed by atoms with Gasteiger partial charge in [0, 0.05) is 11.9 Å². The van der Waals surface area contributed by atoms with Gasteiger partial charge in [0.25, 0.3) is 0 Å². The molecule has 4 aromatic rings. The summed E-state index contributed by atoms with van der Waals surface area (Å²) in [7, 11) is 1.94. The molecule has 0 unspecified atom stereocenters. The fourth-order valence-corrected chi connectivity index (χ4v) is 4.46. The summed E-state index contributed by atoms with van der Waals surface area (Å²) in [5.74, 6) is 1.48. The Labute approximate surface area is 189 Å². The first kappa shape index (κ1) is 20.5. The van der Waals surface area contributed by atoms with E-state index >= 15 is 0 Å². The van der Waals surface area contributed by atoms with Gasteiger partial charge in [0.2, 0.25) is 0 Å². The highest BCUT2D eigenvalue weighted by Crippen LogP contribution is 2.45. The van der Waals surface area contributed by atoms with Crippen molar-refractivity contribution in [3.8, 4) is 5.75 Å². The van der Waals surface area contributed by atoms with Gasteiger partial charge in [-0.05, 0) is 77.9 Å². The van der Waals surface area contributed by atoms with Gasteiger partial charge in [0.15, 0.2) is 0 Å². The third kappa shape index (κ3) is 4.19. The number of hydrogen-bond donors (Lipinski definition) is 2. The maximum absolute atomic E-state index is 5.87. The number of nitrogens with one attached hydrogen (secondary N) is 2. The summed E-state index contributed by atoms with van der Waals surface area (Å²) in [6.45, 7) is 1.49. The molecule has 0 radical (unpaired) electrons. The van der Waals surface area contributed by atoms with Crippen LogP contribution in [0.1, 0.15) is 36.0 Å². The summed E-state index contributed by atoms with van der Waals surface area (Å²) in [5.41, 5.74) is 7.59. The predicted octanol–water partition coefficient (Wildman–Crippen LogP) is 5.92. The first-order valence-corrected chi connectivity index (χ1v) is 11.4. The SMILES string of the molecule is CNCCOc1ccc(/C(=C(\c2ccccc2)C2CCC2)c2ccc3[nH]ncc3c2)cc1. The molecule has 1 aliphatic carbocycles. The number of likely N-dealkylation sites (N-methyl/N-ethyl adjacent to an activating group) is 1. The van der Waals surface area contributed by atoms with Crippen LogP contribution in [0, 0.1) is 5.92 Å². The molecule has 0 bridgehead atoms. The number of hydrogen-bond acceptors (Lipinski definition) is 3. The van der Waals surface area contributed by atoms with E-state index in [2.05, 4.69) is 88.3 Å². The highest BCUT2D eigenvalue weighted by Gasteiger charge is 2.27. The van der Waals surface area contributed by atoms with E-state index in [1.807, 2.05) is 13.2 Å². The van der Waals surface area contributed by atoms with E-state index in [-0.39, 0.29) is 0 Å². The quantitative estimate of drug-likeness (QED) is 0.273. The third-order valence-corrected chi connectivity index (χ3v) is 6.36. The van der Waals surface area contributed by atoms with Crippen molar-refractivity contribution in [3.05, 3.63) is 95.7 Å². The number of fused-ring (bicyclic) bond motifs is 1. The average molecular weight is 424 g/mol. The standard InChI is InChI=1S/C28H29N3O/c1-29-16-17-32-25-13-10-22(11-14-25)28(23-12-15-26-24(18-23)19-30-31-26)27(21-8-5-9-21)20-6-3-2-4-7-20/h2-4,6-7,10-15,18-19,21,29H,5,8-9,16-17H2,1H3,(H,30,31)/b28-27-. The topological polar surface area (TPSA) is 49.9 Å². The largest absolute Gasteiger partial charge is 0.492 e. The van der Waals surface area contributed by atoms with Crippen LogP contribution in [0.4, 0.5) is 0 Å². The fraction of sp³-hybridized carbons (Fsp3) is 0.250. The normalized spacial score (nSPS) is 14.8. The molecule has 1 heterocycles. The van der Waals surface area contributed by atoms with Gasteiger partial charge in [0.05, 0.1) is 11.7 Å². The minimum absolute atomic E-state index is 0.582. The lowest BCUT2D eigenvalue weighted by molar-refractivity contribution is 0.318. The smallest absolute Gasteiger partial charge is 0.119 e. The second-order valence-corrected chi connectivity index (χ2v) is 8.43. The van der Waals surface area contributed by atoms with E-state index in [0.29, 0.717) is 12.5 Å². The molecule has 0 spiro atoms. The monoisotopic (exact) mass is 423 g/mol. The van der Waals surface area contributed by atoms with Crippen LogP contribution in [0.25, 0.3) is 22.0 Å². The van der Waals surface area contributed by atoms with Crippen molar-refractivity contribution in [2.45, 2.75) is 19.3 Å². The van der Waals surface area contributed by atoms with Crippen molar-refractivity contribution in [1.82, 2.24) is 15.5 Å². The number of benzene rings is 3. The number of rotatable bonds is 8. The molecular formula is C28H29N3O. The molecule has 1 aliphatic rings. The Morgan fingerprint density at radius 2 is 1.75 bits per heavy atom. The van der Waals surface area contributed by atoms with Crippen LogP contribution < -0.4 is 10.1 Å². The lowest BCUT2D eigenvalue weighted by Gasteiger charge is -2.31. The first-order chi connectivity index (χ1) is 15.8. The maximum Gasteiger partial charge on any atom is 0.119 e. The Bertz CT molecular complexity index is 1200. The van der Waals surface area contributed by atoms with Crippen LogP contribution >= 0.6 is 0 Å². The second-order valence-electron chi connectivity index (χ2n) is 8.43. The summed E-state index contributed by atoms with van der Waals surface area (Å²) in [4.78, 5) is 0. The summed E-state index contributed by atoms with van der Waals surface area (Å²) in [6, 6.07) is 26.1. The maximum atomic E-state index is 5.87. The molecule has 0 saturated heterocycles. The van der Waals surface area contributed by atoms with E-state index in [9.17, 15) is 0 Å². The van der Waals surface area contributed by atoms with Gasteiger partial charge >= 0.3 is 0 Å². The molecule has 0 atom stereocenters. The van der Waals surface area contributed by atoms with Crippen molar-refractivity contribution in [3.63, 3.8) is 0 Å². The van der Waals surface area contributed by atoms with E-state index in [1.54, 1.807) is 0 Å². The Hall–Kier alpha value is -3.37. The van der Waals surface area contributed by atoms with Gasteiger partial charge in [-0.25, -0.2) is 0 Å². The highest BCUT2D eigenvalue weighted by molar-refractivity contribution is 6.01. The zero-order chi connectivity index (χ0) is 21.8. The predicted molar refractivity (Wildman–Crippen MR) is 132 cm³/mol. The molecule has 5 rings (SSSR count). The number of ether oxygens (including phenoxy) is 1. The summed E-state index contributed by atoms with van der Waals surface area (Å²) >= 11 is 0. The van der Waals surface area contributed by atoms with E-state index in [4.69, 9.17) is 4.74 Å². The van der Waals surface area contributed by atoms with Crippen LogP contribution in [0.15, 0.2) is 79.0 Å². The molecule has 1 fully saturated rings. The average Bonchev–Trinajstić information content (AvgIpc) is 3.27. The van der Waals surface area contributed by atoms with Gasteiger partial charge in [-0.2, -0.15) is 5.10 Å². The zero-order valence-electron chi connectivity index (χ0n) is 18.5. The van der Waals surface area contributed by atoms with Gasteiger partial charge in [-0.15, -0.1) is 0 Å². The van der Waals surface area contributed by atoms with Crippen molar-refractivity contribution in [1.29, 1.82) is 0 Å². The first-order valence-electron chi connectivity index (χ1n) is 11.4. The van der Waals surface area contributed by atoms with Crippen molar-refractivity contribution in [2.75, 3.05) is 20.2 Å². The van der Waals surface area contributed by atoms with Crippen LogP contribution in [-0.4, -0.2) is 30.4 Å². The fourth-order valence-electron chi connectivity index (χ4n) is 4.46. The molecular weight excluding hydrogens is 394 g/mol. The minimum atomic E-state index is 0.582. The van der Waals surface area contributed by atoms with E-state index in [1.165, 1.54) is 47.1 Å². The molecule has 162 valence electrons. The minimum Gasteiger partial charge on any atom is -0.492 e. The Balaban J connectivity index is 1.65. The molecule has 3 aromatic carbocycles. The lowest BCUT2D eigenvalue weighted by atomic mass is 9.73. The van der Waals surface area contributed by atoms with Crippen molar-refractivity contribution >= 4 is 22.0 Å². The molecule has 32 heavy (non-hydrogen) atoms. The zero-order valence-corrected chi connectivity index (χ0v) is 18.5. The number of allylic oxidation sites excluding steroid dienone is 1. The van der Waals surface area contributed by atoms with Crippen LogP contribution in [0.5, 0.6) is 5.75 Å². The Morgan fingerprint density at radius 3 is 2.47 bits per heavy atom. The van der Waals surface area contributed by atoms with E-state index in [0.717, 1.165) is 23.2 Å². The van der Waals surface area contributed by atoms with Gasteiger partial charge in [-0.1, -0.05) is 55.0 Å². The second kappa shape index (κ2) is 9.41. The lowest BCUT2D eigenvalue weighted by Crippen LogP contribution is -2.16. The summed E-state index contributed by atoms with van der Waals surface area (Å²) in [5, 5.41) is 11.6. The number of aromatic nitrogens is 2. The van der Waals surface area contributed by atoms with Crippen molar-refractivity contribution < 1.29 is 4.74 Å². The third-order valence-electron chi connectivity index (χ3n) is 6.36. The molecule has 1 saturated carbocycles. The van der Waals surface area contributed by atoms with Crippen LogP contribution in [0.3, 0.4) is 0 Å². The van der Waals surface area contributed by atoms with Crippen molar-refractivity contribution in [2.24, 2.45) is 5.92 Å². The van der Waals surface area contributed by atoms with Crippen LogP contribution in [-0.2, 0) is 0 Å². The van der Waals surface area contributed by atoms with Gasteiger partial charge < -0.3 is 10.1 Å². The molecule has 2 N–H and O–H groups in total. The number of aromatic amines is 1.